The van der Waals surface area contributed by atoms with E-state index in [1.165, 1.54) is 12.3 Å². The van der Waals surface area contributed by atoms with Gasteiger partial charge in [0.05, 0.1) is 24.5 Å². The van der Waals surface area contributed by atoms with Crippen molar-refractivity contribution in [3.8, 4) is 5.75 Å². The van der Waals surface area contributed by atoms with Crippen LogP contribution in [0.1, 0.15) is 30.2 Å². The van der Waals surface area contributed by atoms with Crippen molar-refractivity contribution < 1.29 is 9.13 Å². The fourth-order valence-electron chi connectivity index (χ4n) is 2.45. The zero-order chi connectivity index (χ0) is 15.5. The molecule has 3 nitrogen and oxygen atoms in total. The second kappa shape index (κ2) is 6.22. The van der Waals surface area contributed by atoms with Crippen LogP contribution in [0.25, 0.3) is 0 Å². The molecule has 1 unspecified atom stereocenters. The summed E-state index contributed by atoms with van der Waals surface area (Å²) < 4.78 is 18.5. The molecule has 1 heterocycles. The van der Waals surface area contributed by atoms with Crippen LogP contribution >= 0.6 is 0 Å². The molecule has 0 bridgehead atoms. The number of benzene rings is 1. The van der Waals surface area contributed by atoms with Gasteiger partial charge in [0.15, 0.2) is 0 Å². The Bertz CT molecular complexity index is 613. The zero-order valence-electron chi connectivity index (χ0n) is 12.7. The number of rotatable bonds is 5. The lowest BCUT2D eigenvalue weighted by Gasteiger charge is -2.28. The SMILES string of the molecule is CCC(N)(Cc1cc(C)ccc1OC)c1ccc(F)cn1. The Labute approximate surface area is 125 Å². The highest BCUT2D eigenvalue weighted by Gasteiger charge is 2.28. The lowest BCUT2D eigenvalue weighted by atomic mass is 9.85. The molecule has 0 spiro atoms. The molecule has 112 valence electrons. The maximum absolute atomic E-state index is 13.1. The van der Waals surface area contributed by atoms with Crippen LogP contribution in [-0.4, -0.2) is 12.1 Å². The molecule has 1 aromatic heterocycles. The maximum atomic E-state index is 13.1. The molecule has 0 fully saturated rings. The Morgan fingerprint density at radius 2 is 2.05 bits per heavy atom. The molecule has 0 aliphatic heterocycles. The van der Waals surface area contributed by atoms with Crippen molar-refractivity contribution in [3.05, 3.63) is 59.2 Å². The van der Waals surface area contributed by atoms with E-state index in [0.29, 0.717) is 18.5 Å². The molecule has 0 amide bonds. The smallest absolute Gasteiger partial charge is 0.141 e. The largest absolute Gasteiger partial charge is 0.496 e. The lowest BCUT2D eigenvalue weighted by molar-refractivity contribution is 0.381. The average molecular weight is 288 g/mol. The highest BCUT2D eigenvalue weighted by atomic mass is 19.1. The quantitative estimate of drug-likeness (QED) is 0.918. The van der Waals surface area contributed by atoms with Gasteiger partial charge in [0.25, 0.3) is 0 Å². The van der Waals surface area contributed by atoms with Gasteiger partial charge in [0, 0.05) is 0 Å². The number of aromatic nitrogens is 1. The molecule has 4 heteroatoms. The Balaban J connectivity index is 2.38. The summed E-state index contributed by atoms with van der Waals surface area (Å²) >= 11 is 0. The van der Waals surface area contributed by atoms with Gasteiger partial charge in [-0.3, -0.25) is 4.98 Å². The van der Waals surface area contributed by atoms with E-state index in [9.17, 15) is 4.39 Å². The van der Waals surface area contributed by atoms with Gasteiger partial charge in [-0.15, -0.1) is 0 Å². The average Bonchev–Trinajstić information content (AvgIpc) is 2.48. The summed E-state index contributed by atoms with van der Waals surface area (Å²) in [5.74, 6) is 0.455. The fraction of sp³-hybridized carbons (Fsp3) is 0.353. The number of pyridine rings is 1. The van der Waals surface area contributed by atoms with Gasteiger partial charge in [0.2, 0.25) is 0 Å². The summed E-state index contributed by atoms with van der Waals surface area (Å²) in [5, 5.41) is 0. The van der Waals surface area contributed by atoms with Crippen LogP contribution in [0.3, 0.4) is 0 Å². The van der Waals surface area contributed by atoms with Crippen LogP contribution in [-0.2, 0) is 12.0 Å². The Morgan fingerprint density at radius 3 is 2.62 bits per heavy atom. The second-order valence-electron chi connectivity index (χ2n) is 5.36. The Morgan fingerprint density at radius 1 is 1.29 bits per heavy atom. The predicted molar refractivity (Wildman–Crippen MR) is 81.8 cm³/mol. The summed E-state index contributed by atoms with van der Waals surface area (Å²) in [7, 11) is 1.65. The molecule has 0 saturated carbocycles. The summed E-state index contributed by atoms with van der Waals surface area (Å²) in [4.78, 5) is 4.15. The fourth-order valence-corrected chi connectivity index (χ4v) is 2.45. The van der Waals surface area contributed by atoms with Crippen molar-refractivity contribution in [1.82, 2.24) is 4.98 Å². The van der Waals surface area contributed by atoms with Gasteiger partial charge in [-0.1, -0.05) is 24.6 Å². The van der Waals surface area contributed by atoms with Crippen LogP contribution < -0.4 is 10.5 Å². The van der Waals surface area contributed by atoms with Crippen molar-refractivity contribution >= 4 is 0 Å². The topological polar surface area (TPSA) is 48.1 Å². The van der Waals surface area contributed by atoms with Gasteiger partial charge < -0.3 is 10.5 Å². The van der Waals surface area contributed by atoms with Gasteiger partial charge >= 0.3 is 0 Å². The Kier molecular flexibility index (Phi) is 4.58. The first kappa shape index (κ1) is 15.4. The van der Waals surface area contributed by atoms with Crippen LogP contribution in [0, 0.1) is 12.7 Å². The number of hydrogen-bond donors (Lipinski definition) is 1. The summed E-state index contributed by atoms with van der Waals surface area (Å²) in [6.45, 7) is 4.04. The van der Waals surface area contributed by atoms with E-state index in [4.69, 9.17) is 10.5 Å². The van der Waals surface area contributed by atoms with E-state index in [1.54, 1.807) is 13.2 Å². The van der Waals surface area contributed by atoms with Crippen LogP contribution in [0.4, 0.5) is 4.39 Å². The lowest BCUT2D eigenvalue weighted by Crippen LogP contribution is -2.39. The first-order chi connectivity index (χ1) is 9.98. The molecule has 21 heavy (non-hydrogen) atoms. The first-order valence-corrected chi connectivity index (χ1v) is 7.03. The molecule has 1 aromatic carbocycles. The number of nitrogens with two attached hydrogens (primary N) is 1. The number of halogens is 1. The predicted octanol–water partition coefficient (Wildman–Crippen LogP) is 3.34. The summed E-state index contributed by atoms with van der Waals surface area (Å²) in [5.41, 5.74) is 8.76. The van der Waals surface area contributed by atoms with Crippen molar-refractivity contribution in [1.29, 1.82) is 0 Å². The molecule has 2 aromatic rings. The van der Waals surface area contributed by atoms with Crippen LogP contribution in [0.2, 0.25) is 0 Å². The zero-order valence-corrected chi connectivity index (χ0v) is 12.7. The van der Waals surface area contributed by atoms with E-state index in [0.717, 1.165) is 16.9 Å². The first-order valence-electron chi connectivity index (χ1n) is 7.03. The molecule has 0 radical (unpaired) electrons. The highest BCUT2D eigenvalue weighted by Crippen LogP contribution is 2.30. The molecule has 2 N–H and O–H groups in total. The molecular formula is C17H21FN2O. The summed E-state index contributed by atoms with van der Waals surface area (Å²) in [6, 6.07) is 9.06. The molecule has 0 saturated heterocycles. The maximum Gasteiger partial charge on any atom is 0.141 e. The number of aryl methyl sites for hydroxylation is 1. The summed E-state index contributed by atoms with van der Waals surface area (Å²) in [6.07, 6.45) is 2.50. The van der Waals surface area contributed by atoms with E-state index < -0.39 is 5.54 Å². The Hall–Kier alpha value is -1.94. The van der Waals surface area contributed by atoms with Crippen LogP contribution in [0.5, 0.6) is 5.75 Å². The van der Waals surface area contributed by atoms with Gasteiger partial charge in [-0.05, 0) is 43.5 Å². The molecule has 1 atom stereocenters. The van der Waals surface area contributed by atoms with E-state index in [1.807, 2.05) is 26.0 Å². The van der Waals surface area contributed by atoms with E-state index in [2.05, 4.69) is 11.1 Å². The third-order valence-corrected chi connectivity index (χ3v) is 3.81. The molecular weight excluding hydrogens is 267 g/mol. The minimum Gasteiger partial charge on any atom is -0.496 e. The number of nitrogens with zero attached hydrogens (tertiary/aromatic N) is 1. The standard InChI is InChI=1S/C17H21FN2O/c1-4-17(19,16-8-6-14(18)11-20-16)10-13-9-12(2)5-7-15(13)21-3/h5-9,11H,4,10,19H2,1-3H3. The van der Waals surface area contributed by atoms with Gasteiger partial charge in [0.1, 0.15) is 11.6 Å². The number of ether oxygens (including phenoxy) is 1. The molecule has 2 rings (SSSR count). The minimum atomic E-state index is -0.644. The number of hydrogen-bond acceptors (Lipinski definition) is 3. The number of methoxy groups -OCH3 is 1. The molecule has 0 aliphatic rings. The van der Waals surface area contributed by atoms with Crippen molar-refractivity contribution in [2.24, 2.45) is 5.73 Å². The molecule has 0 aliphatic carbocycles. The monoisotopic (exact) mass is 288 g/mol. The van der Waals surface area contributed by atoms with Crippen molar-refractivity contribution in [3.63, 3.8) is 0 Å². The second-order valence-corrected chi connectivity index (χ2v) is 5.36. The normalized spacial score (nSPS) is 13.8. The van der Waals surface area contributed by atoms with Crippen molar-refractivity contribution in [2.75, 3.05) is 7.11 Å². The van der Waals surface area contributed by atoms with Crippen molar-refractivity contribution in [2.45, 2.75) is 32.2 Å². The third kappa shape index (κ3) is 3.39. The third-order valence-electron chi connectivity index (χ3n) is 3.81. The highest BCUT2D eigenvalue weighted by molar-refractivity contribution is 5.39. The van der Waals surface area contributed by atoms with E-state index >= 15 is 0 Å². The van der Waals surface area contributed by atoms with Crippen LogP contribution in [0.15, 0.2) is 36.5 Å². The van der Waals surface area contributed by atoms with Gasteiger partial charge in [-0.25, -0.2) is 4.39 Å². The van der Waals surface area contributed by atoms with E-state index in [-0.39, 0.29) is 5.82 Å². The van der Waals surface area contributed by atoms with Gasteiger partial charge in [-0.2, -0.15) is 0 Å². The minimum absolute atomic E-state index is 0.356.